The first-order valence-electron chi connectivity index (χ1n) is 8.43. The molecule has 0 amide bonds. The molecule has 0 atom stereocenters. The van der Waals surface area contributed by atoms with Crippen LogP contribution in [0.1, 0.15) is 28.7 Å². The first-order chi connectivity index (χ1) is 11.8. The van der Waals surface area contributed by atoms with Crippen LogP contribution in [0, 0.1) is 6.92 Å². The Balaban J connectivity index is 1.80. The molecule has 0 unspecified atom stereocenters. The maximum absolute atomic E-state index is 2.36. The fourth-order valence-electron chi connectivity index (χ4n) is 3.32. The van der Waals surface area contributed by atoms with Gasteiger partial charge in [0.1, 0.15) is 0 Å². The van der Waals surface area contributed by atoms with Gasteiger partial charge in [0, 0.05) is 0 Å². The number of allylic oxidation sites excluding steroid dienone is 4. The molecular weight excluding hydrogens is 288 g/mol. The zero-order chi connectivity index (χ0) is 16.4. The minimum atomic E-state index is 0.983. The first-order valence-corrected chi connectivity index (χ1v) is 8.43. The lowest BCUT2D eigenvalue weighted by atomic mass is 9.95. The second-order valence-electron chi connectivity index (χ2n) is 6.34. The van der Waals surface area contributed by atoms with Gasteiger partial charge in [-0.25, -0.2) is 0 Å². The molecule has 0 heteroatoms. The fraction of sp³-hybridized carbons (Fsp3) is 0.0833. The van der Waals surface area contributed by atoms with Crippen LogP contribution in [0.25, 0.3) is 16.7 Å². The van der Waals surface area contributed by atoms with E-state index in [1.165, 1.54) is 39.0 Å². The lowest BCUT2D eigenvalue weighted by molar-refractivity contribution is 1.39. The van der Waals surface area contributed by atoms with Crippen molar-refractivity contribution in [1.29, 1.82) is 0 Å². The van der Waals surface area contributed by atoms with Crippen molar-refractivity contribution in [1.82, 2.24) is 0 Å². The fourth-order valence-corrected chi connectivity index (χ4v) is 3.32. The van der Waals surface area contributed by atoms with Gasteiger partial charge in [-0.2, -0.15) is 0 Å². The Morgan fingerprint density at radius 3 is 1.79 bits per heavy atom. The average Bonchev–Trinajstić information content (AvgIpc) is 3.09. The molecule has 0 bridgehead atoms. The van der Waals surface area contributed by atoms with Crippen LogP contribution < -0.4 is 0 Å². The quantitative estimate of drug-likeness (QED) is 0.525. The van der Waals surface area contributed by atoms with Gasteiger partial charge in [0.05, 0.1) is 0 Å². The molecule has 0 spiro atoms. The van der Waals surface area contributed by atoms with Crippen LogP contribution >= 0.6 is 0 Å². The van der Waals surface area contributed by atoms with E-state index in [1.54, 1.807) is 0 Å². The highest BCUT2D eigenvalue weighted by atomic mass is 14.2. The number of rotatable bonds is 3. The van der Waals surface area contributed by atoms with Gasteiger partial charge in [0.2, 0.25) is 0 Å². The van der Waals surface area contributed by atoms with Crippen molar-refractivity contribution in [3.63, 3.8) is 0 Å². The monoisotopic (exact) mass is 308 g/mol. The third-order valence-electron chi connectivity index (χ3n) is 4.64. The lowest BCUT2D eigenvalue weighted by Gasteiger charge is -2.08. The van der Waals surface area contributed by atoms with Crippen molar-refractivity contribution >= 4 is 16.7 Å². The Morgan fingerprint density at radius 2 is 1.17 bits per heavy atom. The van der Waals surface area contributed by atoms with E-state index in [4.69, 9.17) is 0 Å². The summed E-state index contributed by atoms with van der Waals surface area (Å²) in [7, 11) is 0. The zero-order valence-electron chi connectivity index (χ0n) is 13.9. The molecule has 1 aliphatic rings. The van der Waals surface area contributed by atoms with Crippen LogP contribution in [0.2, 0.25) is 0 Å². The van der Waals surface area contributed by atoms with Crippen LogP contribution in [0.3, 0.4) is 0 Å². The van der Waals surface area contributed by atoms with Gasteiger partial charge in [-0.1, -0.05) is 90.5 Å². The molecule has 0 aromatic heterocycles. The highest BCUT2D eigenvalue weighted by Crippen LogP contribution is 2.42. The van der Waals surface area contributed by atoms with E-state index in [-0.39, 0.29) is 0 Å². The number of aryl methyl sites for hydroxylation is 1. The molecule has 4 rings (SSSR count). The van der Waals surface area contributed by atoms with Crippen molar-refractivity contribution in [2.75, 3.05) is 0 Å². The largest absolute Gasteiger partial charge is 0.0622 e. The van der Waals surface area contributed by atoms with E-state index in [9.17, 15) is 0 Å². The van der Waals surface area contributed by atoms with Gasteiger partial charge >= 0.3 is 0 Å². The van der Waals surface area contributed by atoms with E-state index in [2.05, 4.69) is 97.9 Å². The van der Waals surface area contributed by atoms with Crippen molar-refractivity contribution < 1.29 is 0 Å². The Bertz CT molecular complexity index is 895. The minimum absolute atomic E-state index is 0.983. The zero-order valence-corrected chi connectivity index (χ0v) is 13.9. The molecule has 0 fully saturated rings. The predicted octanol–water partition coefficient (Wildman–Crippen LogP) is 6.39. The van der Waals surface area contributed by atoms with Crippen molar-refractivity contribution in [3.05, 3.63) is 113 Å². The molecule has 3 aromatic rings. The molecule has 0 saturated carbocycles. The second-order valence-corrected chi connectivity index (χ2v) is 6.34. The van der Waals surface area contributed by atoms with E-state index >= 15 is 0 Å². The highest BCUT2D eigenvalue weighted by molar-refractivity contribution is 6.06. The normalized spacial score (nSPS) is 14.0. The standard InChI is InChI=1S/C24H20/c1-18-12-14-19(15-13-18)22-16-23(20-8-4-2-5-9-20)24(17-22)21-10-6-3-7-11-21/h2-16H,17H2,1H3. The van der Waals surface area contributed by atoms with E-state index in [1.807, 2.05) is 0 Å². The Labute approximate surface area is 143 Å². The molecule has 1 aliphatic carbocycles. The van der Waals surface area contributed by atoms with Crippen molar-refractivity contribution in [2.45, 2.75) is 13.3 Å². The van der Waals surface area contributed by atoms with E-state index < -0.39 is 0 Å². The summed E-state index contributed by atoms with van der Waals surface area (Å²) in [6.07, 6.45) is 3.35. The van der Waals surface area contributed by atoms with E-state index in [0.29, 0.717) is 0 Å². The van der Waals surface area contributed by atoms with Crippen LogP contribution in [0.5, 0.6) is 0 Å². The third-order valence-corrected chi connectivity index (χ3v) is 4.64. The van der Waals surface area contributed by atoms with Crippen LogP contribution in [-0.2, 0) is 0 Å². The molecular formula is C24H20. The van der Waals surface area contributed by atoms with E-state index in [0.717, 1.165) is 6.42 Å². The lowest BCUT2D eigenvalue weighted by Crippen LogP contribution is -1.87. The summed E-state index contributed by atoms with van der Waals surface area (Å²) in [5, 5.41) is 0. The summed E-state index contributed by atoms with van der Waals surface area (Å²) < 4.78 is 0. The Morgan fingerprint density at radius 1 is 0.583 bits per heavy atom. The Hall–Kier alpha value is -2.86. The summed E-state index contributed by atoms with van der Waals surface area (Å²) in [4.78, 5) is 0. The van der Waals surface area contributed by atoms with Gasteiger partial charge < -0.3 is 0 Å². The molecule has 0 aliphatic heterocycles. The number of benzene rings is 3. The van der Waals surface area contributed by atoms with Gasteiger partial charge in [-0.15, -0.1) is 0 Å². The van der Waals surface area contributed by atoms with Crippen LogP contribution in [-0.4, -0.2) is 0 Å². The van der Waals surface area contributed by atoms with Gasteiger partial charge in [0.15, 0.2) is 0 Å². The summed E-state index contributed by atoms with van der Waals surface area (Å²) in [5.74, 6) is 0. The van der Waals surface area contributed by atoms with Gasteiger partial charge in [0.25, 0.3) is 0 Å². The Kier molecular flexibility index (Phi) is 3.88. The molecule has 0 radical (unpaired) electrons. The van der Waals surface area contributed by atoms with Crippen LogP contribution in [0.4, 0.5) is 0 Å². The number of hydrogen-bond acceptors (Lipinski definition) is 0. The minimum Gasteiger partial charge on any atom is -0.0622 e. The van der Waals surface area contributed by atoms with Crippen molar-refractivity contribution in [2.24, 2.45) is 0 Å². The van der Waals surface area contributed by atoms with Gasteiger partial charge in [-0.3, -0.25) is 0 Å². The topological polar surface area (TPSA) is 0 Å². The smallest absolute Gasteiger partial charge is 0.000750 e. The highest BCUT2D eigenvalue weighted by Gasteiger charge is 2.19. The molecule has 0 saturated heterocycles. The molecule has 3 aromatic carbocycles. The summed E-state index contributed by atoms with van der Waals surface area (Å²) in [6, 6.07) is 30.3. The van der Waals surface area contributed by atoms with Gasteiger partial charge in [-0.05, 0) is 52.8 Å². The van der Waals surface area contributed by atoms with Crippen LogP contribution in [0.15, 0.2) is 91.0 Å². The molecule has 24 heavy (non-hydrogen) atoms. The molecule has 0 nitrogen and oxygen atoms in total. The van der Waals surface area contributed by atoms with Crippen molar-refractivity contribution in [3.8, 4) is 0 Å². The number of hydrogen-bond donors (Lipinski definition) is 0. The third kappa shape index (κ3) is 2.83. The predicted molar refractivity (Wildman–Crippen MR) is 103 cm³/mol. The molecule has 116 valence electrons. The molecule has 0 N–H and O–H groups in total. The first kappa shape index (κ1) is 14.7. The summed E-state index contributed by atoms with van der Waals surface area (Å²) in [5.41, 5.74) is 9.38. The summed E-state index contributed by atoms with van der Waals surface area (Å²) >= 11 is 0. The second kappa shape index (κ2) is 6.33. The maximum Gasteiger partial charge on any atom is -0.000750 e. The summed E-state index contributed by atoms with van der Waals surface area (Å²) in [6.45, 7) is 2.13. The maximum atomic E-state index is 2.36. The average molecular weight is 308 g/mol. The molecule has 0 heterocycles. The SMILES string of the molecule is Cc1ccc(C2=CC(c3ccccc3)=C(c3ccccc3)C2)cc1.